The van der Waals surface area contributed by atoms with Crippen LogP contribution in [0.2, 0.25) is 0 Å². The van der Waals surface area contributed by atoms with Gasteiger partial charge in [-0.2, -0.15) is 0 Å². The molecule has 82 valence electrons. The highest BCUT2D eigenvalue weighted by atomic mass is 16.3. The number of benzene rings is 2. The van der Waals surface area contributed by atoms with E-state index in [0.717, 1.165) is 34.5 Å². The normalized spacial score (nSPS) is 13.6. The van der Waals surface area contributed by atoms with E-state index < -0.39 is 0 Å². The Labute approximate surface area is 98.5 Å². The lowest BCUT2D eigenvalue weighted by atomic mass is 9.84. The zero-order valence-corrected chi connectivity index (χ0v) is 9.27. The van der Waals surface area contributed by atoms with Gasteiger partial charge in [0.25, 0.3) is 0 Å². The van der Waals surface area contributed by atoms with E-state index in [0.29, 0.717) is 5.75 Å². The van der Waals surface area contributed by atoms with Gasteiger partial charge in [0.05, 0.1) is 5.52 Å². The van der Waals surface area contributed by atoms with Crippen LogP contribution in [-0.2, 0) is 12.8 Å². The topological polar surface area (TPSA) is 33.1 Å². The number of rotatable bonds is 0. The van der Waals surface area contributed by atoms with Crippen molar-refractivity contribution in [3.05, 3.63) is 47.7 Å². The summed E-state index contributed by atoms with van der Waals surface area (Å²) >= 11 is 0. The maximum absolute atomic E-state index is 10.1. The number of hydrogen-bond acceptors (Lipinski definition) is 2. The molecule has 4 rings (SSSR count). The molecule has 0 atom stereocenters. The maximum Gasteiger partial charge on any atom is 0.124 e. The van der Waals surface area contributed by atoms with Gasteiger partial charge in [-0.25, -0.2) is 0 Å². The van der Waals surface area contributed by atoms with Crippen LogP contribution in [0.1, 0.15) is 11.1 Å². The van der Waals surface area contributed by atoms with E-state index in [1.807, 2.05) is 18.3 Å². The van der Waals surface area contributed by atoms with E-state index in [4.69, 9.17) is 0 Å². The van der Waals surface area contributed by atoms with Gasteiger partial charge in [-0.1, -0.05) is 18.2 Å². The summed E-state index contributed by atoms with van der Waals surface area (Å²) in [6, 6.07) is 9.82. The summed E-state index contributed by atoms with van der Waals surface area (Å²) in [7, 11) is 0. The van der Waals surface area contributed by atoms with E-state index >= 15 is 0 Å². The van der Waals surface area contributed by atoms with Gasteiger partial charge in [0.1, 0.15) is 5.75 Å². The number of aromatic hydroxyl groups is 1. The van der Waals surface area contributed by atoms with Gasteiger partial charge in [-0.05, 0) is 36.1 Å². The highest BCUT2D eigenvalue weighted by Crippen LogP contribution is 2.38. The Morgan fingerprint density at radius 3 is 2.76 bits per heavy atom. The molecule has 0 bridgehead atoms. The first kappa shape index (κ1) is 8.99. The smallest absolute Gasteiger partial charge is 0.124 e. The van der Waals surface area contributed by atoms with Crippen molar-refractivity contribution >= 4 is 21.7 Å². The average molecular weight is 221 g/mol. The molecule has 2 nitrogen and oxygen atoms in total. The van der Waals surface area contributed by atoms with Gasteiger partial charge < -0.3 is 5.11 Å². The molecule has 0 saturated heterocycles. The van der Waals surface area contributed by atoms with Crippen molar-refractivity contribution in [1.82, 2.24) is 4.98 Å². The van der Waals surface area contributed by atoms with Crippen molar-refractivity contribution in [2.24, 2.45) is 0 Å². The van der Waals surface area contributed by atoms with Gasteiger partial charge >= 0.3 is 0 Å². The molecule has 0 radical (unpaired) electrons. The zero-order chi connectivity index (χ0) is 11.4. The fraction of sp³-hybridized carbons (Fsp3) is 0.133. The molecule has 1 N–H and O–H groups in total. The van der Waals surface area contributed by atoms with Gasteiger partial charge in [0, 0.05) is 22.4 Å². The average Bonchev–Trinajstić information content (AvgIpc) is 2.29. The van der Waals surface area contributed by atoms with Crippen LogP contribution in [0.4, 0.5) is 0 Å². The lowest BCUT2D eigenvalue weighted by Crippen LogP contribution is -2.09. The van der Waals surface area contributed by atoms with E-state index in [2.05, 4.69) is 17.1 Å². The Morgan fingerprint density at radius 2 is 1.94 bits per heavy atom. The molecular weight excluding hydrogens is 210 g/mol. The maximum atomic E-state index is 10.1. The molecule has 1 aliphatic rings. The van der Waals surface area contributed by atoms with Crippen LogP contribution in [-0.4, -0.2) is 10.1 Å². The molecule has 17 heavy (non-hydrogen) atoms. The lowest BCUT2D eigenvalue weighted by molar-refractivity contribution is 0.482. The molecule has 1 heterocycles. The summed E-state index contributed by atoms with van der Waals surface area (Å²) in [5.74, 6) is 0.357. The summed E-state index contributed by atoms with van der Waals surface area (Å²) in [5, 5.41) is 13.2. The third kappa shape index (κ3) is 1.07. The number of phenolic OH excluding ortho intramolecular Hbond substituents is 1. The molecule has 1 aromatic heterocycles. The second-order valence-electron chi connectivity index (χ2n) is 4.60. The molecule has 1 aliphatic carbocycles. The quantitative estimate of drug-likeness (QED) is 0.591. The fourth-order valence-corrected chi connectivity index (χ4v) is 2.74. The molecule has 0 aliphatic heterocycles. The first-order valence-electron chi connectivity index (χ1n) is 5.86. The minimum atomic E-state index is 0.357. The Morgan fingerprint density at radius 1 is 1.00 bits per heavy atom. The second kappa shape index (κ2) is 2.98. The van der Waals surface area contributed by atoms with Crippen molar-refractivity contribution in [1.29, 1.82) is 0 Å². The van der Waals surface area contributed by atoms with Crippen molar-refractivity contribution in [3.63, 3.8) is 0 Å². The molecule has 2 heteroatoms. The minimum absolute atomic E-state index is 0.357. The van der Waals surface area contributed by atoms with Gasteiger partial charge in [-0.15, -0.1) is 0 Å². The van der Waals surface area contributed by atoms with Crippen molar-refractivity contribution in [2.45, 2.75) is 12.8 Å². The molecule has 0 saturated carbocycles. The Balaban J connectivity index is 2.33. The van der Waals surface area contributed by atoms with Crippen LogP contribution >= 0.6 is 0 Å². The lowest BCUT2D eigenvalue weighted by Gasteiger charge is -2.21. The fourth-order valence-electron chi connectivity index (χ4n) is 2.74. The zero-order valence-electron chi connectivity index (χ0n) is 9.27. The highest BCUT2D eigenvalue weighted by Gasteiger charge is 2.19. The third-order valence-corrected chi connectivity index (χ3v) is 3.70. The number of hydrogen-bond donors (Lipinski definition) is 1. The number of pyridine rings is 1. The predicted molar refractivity (Wildman–Crippen MR) is 68.3 cm³/mol. The minimum Gasteiger partial charge on any atom is -0.507 e. The third-order valence-electron chi connectivity index (χ3n) is 3.70. The number of aryl methyl sites for hydroxylation is 2. The van der Waals surface area contributed by atoms with Gasteiger partial charge in [0.15, 0.2) is 0 Å². The molecule has 3 aromatic rings. The summed E-state index contributed by atoms with van der Waals surface area (Å²) in [4.78, 5) is 4.48. The van der Waals surface area contributed by atoms with Crippen molar-refractivity contribution in [3.8, 4) is 5.75 Å². The van der Waals surface area contributed by atoms with Crippen molar-refractivity contribution < 1.29 is 5.11 Å². The molecule has 2 aromatic carbocycles. The summed E-state index contributed by atoms with van der Waals surface area (Å²) in [6.07, 6.45) is 4.08. The first-order chi connectivity index (χ1) is 8.34. The summed E-state index contributed by atoms with van der Waals surface area (Å²) in [6.45, 7) is 0. The van der Waals surface area contributed by atoms with Crippen LogP contribution in [0.3, 0.4) is 0 Å². The Hall–Kier alpha value is -2.09. The van der Waals surface area contributed by atoms with Crippen LogP contribution < -0.4 is 0 Å². The van der Waals surface area contributed by atoms with E-state index in [1.54, 1.807) is 6.07 Å². The monoisotopic (exact) mass is 221 g/mol. The van der Waals surface area contributed by atoms with Crippen LogP contribution in [0.15, 0.2) is 36.5 Å². The number of aromatic nitrogens is 1. The van der Waals surface area contributed by atoms with Crippen LogP contribution in [0, 0.1) is 0 Å². The van der Waals surface area contributed by atoms with Crippen molar-refractivity contribution in [2.75, 3.05) is 0 Å². The van der Waals surface area contributed by atoms with E-state index in [9.17, 15) is 5.11 Å². The summed E-state index contributed by atoms with van der Waals surface area (Å²) in [5.41, 5.74) is 3.75. The Bertz CT molecular complexity index is 762. The molecule has 0 fully saturated rings. The van der Waals surface area contributed by atoms with Crippen LogP contribution in [0.25, 0.3) is 21.7 Å². The first-order valence-corrected chi connectivity index (χ1v) is 5.86. The molecule has 0 amide bonds. The Kier molecular flexibility index (Phi) is 1.57. The molecular formula is C15H11NO. The van der Waals surface area contributed by atoms with E-state index in [1.165, 1.54) is 11.1 Å². The number of fused-ring (bicyclic) bond motifs is 5. The standard InChI is InChI=1S/C15H11NO/c17-13-3-1-2-10-8-16-12-7-5-9-4-6-11(9)15(12)14(10)13/h1-3,5,7-8,17H,4,6H2. The summed E-state index contributed by atoms with van der Waals surface area (Å²) < 4.78 is 0. The number of nitrogens with zero attached hydrogens (tertiary/aromatic N) is 1. The van der Waals surface area contributed by atoms with E-state index in [-0.39, 0.29) is 0 Å². The molecule has 0 spiro atoms. The largest absolute Gasteiger partial charge is 0.507 e. The SMILES string of the molecule is Oc1cccc2cnc3ccc4c(c3c12)CC4. The highest BCUT2D eigenvalue weighted by molar-refractivity contribution is 6.10. The van der Waals surface area contributed by atoms with Gasteiger partial charge in [0.2, 0.25) is 0 Å². The van der Waals surface area contributed by atoms with Crippen LogP contribution in [0.5, 0.6) is 5.75 Å². The molecule has 0 unspecified atom stereocenters. The van der Waals surface area contributed by atoms with Gasteiger partial charge in [-0.3, -0.25) is 4.98 Å². The predicted octanol–water partition coefficient (Wildman–Crippen LogP) is 3.19. The number of phenols is 1. The second-order valence-corrected chi connectivity index (χ2v) is 4.60.